The lowest BCUT2D eigenvalue weighted by Gasteiger charge is -2.06. The highest BCUT2D eigenvalue weighted by Gasteiger charge is 2.28. The molecule has 3 nitrogen and oxygen atoms in total. The first-order chi connectivity index (χ1) is 7.97. The van der Waals surface area contributed by atoms with Crippen LogP contribution in [0, 0.1) is 11.6 Å². The first-order valence-electron chi connectivity index (χ1n) is 4.77. The van der Waals surface area contributed by atoms with Crippen LogP contribution >= 0.6 is 0 Å². The highest BCUT2D eigenvalue weighted by Crippen LogP contribution is 2.12. The zero-order valence-electron chi connectivity index (χ0n) is 8.88. The second kappa shape index (κ2) is 5.47. The summed E-state index contributed by atoms with van der Waals surface area (Å²) >= 11 is 0. The molecule has 0 bridgehead atoms. The van der Waals surface area contributed by atoms with Gasteiger partial charge < -0.3 is 4.74 Å². The third-order valence-electron chi connectivity index (χ3n) is 1.93. The van der Waals surface area contributed by atoms with Crippen molar-refractivity contribution in [2.24, 2.45) is 0 Å². The minimum Gasteiger partial charge on any atom is -0.463 e. The summed E-state index contributed by atoms with van der Waals surface area (Å²) in [6, 6.07) is 2.11. The summed E-state index contributed by atoms with van der Waals surface area (Å²) in [6.07, 6.45) is -2.53. The highest BCUT2D eigenvalue weighted by molar-refractivity contribution is 6.11. The molecule has 0 saturated carbocycles. The summed E-state index contributed by atoms with van der Waals surface area (Å²) in [5, 5.41) is 0. The quantitative estimate of drug-likeness (QED) is 0.464. The van der Waals surface area contributed by atoms with E-state index in [2.05, 4.69) is 4.74 Å². The molecule has 17 heavy (non-hydrogen) atoms. The minimum absolute atomic E-state index is 0.0791. The molecule has 0 aromatic heterocycles. The Labute approximate surface area is 95.2 Å². The Bertz CT molecular complexity index is 446. The van der Waals surface area contributed by atoms with Crippen LogP contribution in [0.5, 0.6) is 0 Å². The van der Waals surface area contributed by atoms with Crippen LogP contribution < -0.4 is 0 Å². The molecule has 0 fully saturated rings. The second-order valence-corrected chi connectivity index (χ2v) is 3.11. The summed E-state index contributed by atoms with van der Waals surface area (Å²) in [4.78, 5) is 22.3. The molecule has 1 aromatic rings. The van der Waals surface area contributed by atoms with Crippen molar-refractivity contribution in [3.8, 4) is 0 Å². The fraction of sp³-hybridized carbons (Fsp3) is 0.273. The molecule has 0 amide bonds. The number of benzene rings is 1. The topological polar surface area (TPSA) is 43.4 Å². The van der Waals surface area contributed by atoms with Crippen LogP contribution in [-0.2, 0) is 9.53 Å². The molecular weight excluding hydrogens is 237 g/mol. The summed E-state index contributed by atoms with van der Waals surface area (Å²) < 4.78 is 42.9. The normalized spacial score (nSPS) is 12.0. The van der Waals surface area contributed by atoms with Crippen LogP contribution in [-0.4, -0.2) is 24.5 Å². The number of hydrogen-bond donors (Lipinski definition) is 0. The number of carbonyl (C=O) groups is 2. The molecule has 1 rings (SSSR count). The number of carbonyl (C=O) groups excluding carboxylic acids is 2. The summed E-state index contributed by atoms with van der Waals surface area (Å²) in [5.74, 6) is -5.05. The van der Waals surface area contributed by atoms with Gasteiger partial charge in [0.1, 0.15) is 0 Å². The molecule has 0 aliphatic carbocycles. The lowest BCUT2D eigenvalue weighted by atomic mass is 10.1. The fourth-order valence-electron chi connectivity index (χ4n) is 1.12. The van der Waals surface area contributed by atoms with Crippen molar-refractivity contribution >= 4 is 11.8 Å². The molecule has 0 heterocycles. The van der Waals surface area contributed by atoms with E-state index in [1.54, 1.807) is 0 Å². The van der Waals surface area contributed by atoms with E-state index < -0.39 is 35.1 Å². The third-order valence-corrected chi connectivity index (χ3v) is 1.93. The Hall–Kier alpha value is -1.85. The first kappa shape index (κ1) is 13.2. The molecule has 1 aromatic carbocycles. The predicted molar refractivity (Wildman–Crippen MR) is 52.2 cm³/mol. The van der Waals surface area contributed by atoms with Crippen molar-refractivity contribution in [1.29, 1.82) is 0 Å². The molecule has 1 atom stereocenters. The molecule has 0 N–H and O–H groups in total. The standard InChI is InChI=1S/C11H9F3O3/c1-2-17-11(16)9(14)10(15)6-3-4-7(12)8(13)5-6/h3-5,9H,2H2,1H3. The number of hydrogen-bond acceptors (Lipinski definition) is 3. The minimum atomic E-state index is -2.53. The number of esters is 1. The molecule has 0 aliphatic rings. The van der Waals surface area contributed by atoms with Gasteiger partial charge in [-0.25, -0.2) is 18.0 Å². The van der Waals surface area contributed by atoms with E-state index in [0.717, 1.165) is 6.07 Å². The predicted octanol–water partition coefficient (Wildman–Crippen LogP) is 2.05. The zero-order valence-corrected chi connectivity index (χ0v) is 8.88. The zero-order chi connectivity index (χ0) is 13.0. The van der Waals surface area contributed by atoms with Crippen molar-refractivity contribution in [2.75, 3.05) is 6.61 Å². The summed E-state index contributed by atoms with van der Waals surface area (Å²) in [5.41, 5.74) is -0.426. The monoisotopic (exact) mass is 246 g/mol. The Kier molecular flexibility index (Phi) is 4.25. The number of ether oxygens (including phenoxy) is 1. The van der Waals surface area contributed by atoms with Crippen molar-refractivity contribution in [2.45, 2.75) is 13.1 Å². The molecule has 1 unspecified atom stereocenters. The van der Waals surface area contributed by atoms with Gasteiger partial charge in [0.2, 0.25) is 5.78 Å². The molecular formula is C11H9F3O3. The maximum atomic E-state index is 13.3. The van der Waals surface area contributed by atoms with Crippen LogP contribution in [0.25, 0.3) is 0 Å². The van der Waals surface area contributed by atoms with Gasteiger partial charge in [0.05, 0.1) is 6.61 Å². The molecule has 0 radical (unpaired) electrons. The van der Waals surface area contributed by atoms with Gasteiger partial charge >= 0.3 is 5.97 Å². The average molecular weight is 246 g/mol. The number of Topliss-reactive ketones (excluding diaryl/α,β-unsaturated/α-hetero) is 1. The average Bonchev–Trinajstić information content (AvgIpc) is 2.31. The SMILES string of the molecule is CCOC(=O)C(F)C(=O)c1ccc(F)c(F)c1. The molecule has 0 saturated heterocycles. The van der Waals surface area contributed by atoms with E-state index in [4.69, 9.17) is 0 Å². The van der Waals surface area contributed by atoms with Gasteiger partial charge in [-0.2, -0.15) is 0 Å². The number of halogens is 3. The first-order valence-corrected chi connectivity index (χ1v) is 4.77. The van der Waals surface area contributed by atoms with Crippen LogP contribution in [0.3, 0.4) is 0 Å². The lowest BCUT2D eigenvalue weighted by molar-refractivity contribution is -0.147. The number of rotatable bonds is 4. The van der Waals surface area contributed by atoms with Gasteiger partial charge in [0, 0.05) is 5.56 Å². The van der Waals surface area contributed by atoms with Crippen LogP contribution in [0.4, 0.5) is 13.2 Å². The smallest absolute Gasteiger partial charge is 0.348 e. The van der Waals surface area contributed by atoms with Crippen molar-refractivity contribution in [3.63, 3.8) is 0 Å². The molecule has 0 aliphatic heterocycles. The van der Waals surface area contributed by atoms with E-state index in [1.165, 1.54) is 6.92 Å². The maximum Gasteiger partial charge on any atom is 0.348 e. The van der Waals surface area contributed by atoms with Gasteiger partial charge in [-0.15, -0.1) is 0 Å². The van der Waals surface area contributed by atoms with E-state index in [1.807, 2.05) is 0 Å². The Morgan fingerprint density at radius 3 is 2.47 bits per heavy atom. The van der Waals surface area contributed by atoms with E-state index in [9.17, 15) is 22.8 Å². The van der Waals surface area contributed by atoms with Crippen molar-refractivity contribution < 1.29 is 27.5 Å². The molecule has 0 spiro atoms. The van der Waals surface area contributed by atoms with Gasteiger partial charge in [0.25, 0.3) is 6.17 Å². The molecule has 6 heteroatoms. The Morgan fingerprint density at radius 1 is 1.29 bits per heavy atom. The Morgan fingerprint density at radius 2 is 1.94 bits per heavy atom. The lowest BCUT2D eigenvalue weighted by Crippen LogP contribution is -2.28. The van der Waals surface area contributed by atoms with Crippen molar-refractivity contribution in [3.05, 3.63) is 35.4 Å². The van der Waals surface area contributed by atoms with Crippen LogP contribution in [0.15, 0.2) is 18.2 Å². The summed E-state index contributed by atoms with van der Waals surface area (Å²) in [7, 11) is 0. The molecule has 92 valence electrons. The summed E-state index contributed by atoms with van der Waals surface area (Å²) in [6.45, 7) is 1.37. The van der Waals surface area contributed by atoms with Gasteiger partial charge in [-0.1, -0.05) is 0 Å². The van der Waals surface area contributed by atoms with Crippen LogP contribution in [0.2, 0.25) is 0 Å². The highest BCUT2D eigenvalue weighted by atomic mass is 19.2. The van der Waals surface area contributed by atoms with Gasteiger partial charge in [-0.3, -0.25) is 4.79 Å². The van der Waals surface area contributed by atoms with E-state index >= 15 is 0 Å². The van der Waals surface area contributed by atoms with E-state index in [-0.39, 0.29) is 6.61 Å². The second-order valence-electron chi connectivity index (χ2n) is 3.11. The van der Waals surface area contributed by atoms with Crippen LogP contribution in [0.1, 0.15) is 17.3 Å². The van der Waals surface area contributed by atoms with Gasteiger partial charge in [0.15, 0.2) is 11.6 Å². The fourth-order valence-corrected chi connectivity index (χ4v) is 1.12. The number of ketones is 1. The van der Waals surface area contributed by atoms with Crippen molar-refractivity contribution in [1.82, 2.24) is 0 Å². The third kappa shape index (κ3) is 3.05. The Balaban J connectivity index is 2.89. The maximum absolute atomic E-state index is 13.3. The largest absolute Gasteiger partial charge is 0.463 e. The number of alkyl halides is 1. The van der Waals surface area contributed by atoms with Gasteiger partial charge in [-0.05, 0) is 25.1 Å². The van der Waals surface area contributed by atoms with E-state index in [0.29, 0.717) is 12.1 Å².